The van der Waals surface area contributed by atoms with Gasteiger partial charge in [0.25, 0.3) is 0 Å². The third-order valence-electron chi connectivity index (χ3n) is 2.42. The maximum atomic E-state index is 13.3. The van der Waals surface area contributed by atoms with Gasteiger partial charge in [0.15, 0.2) is 0 Å². The van der Waals surface area contributed by atoms with Crippen LogP contribution in [0.4, 0.5) is 8.78 Å². The Bertz CT molecular complexity index is 323. The molecule has 0 radical (unpaired) electrons. The SMILES string of the molecule is NC1CCOC1c1c(F)cccc1F. The summed E-state index contributed by atoms with van der Waals surface area (Å²) in [4.78, 5) is 0. The zero-order chi connectivity index (χ0) is 10.1. The van der Waals surface area contributed by atoms with Gasteiger partial charge in [-0.25, -0.2) is 8.78 Å². The van der Waals surface area contributed by atoms with Crippen LogP contribution in [0.15, 0.2) is 18.2 Å². The molecule has 0 aliphatic carbocycles. The lowest BCUT2D eigenvalue weighted by molar-refractivity contribution is 0.0986. The van der Waals surface area contributed by atoms with E-state index in [1.807, 2.05) is 0 Å². The summed E-state index contributed by atoms with van der Waals surface area (Å²) in [5, 5.41) is 0. The van der Waals surface area contributed by atoms with Crippen molar-refractivity contribution < 1.29 is 13.5 Å². The number of halogens is 2. The molecule has 2 atom stereocenters. The van der Waals surface area contributed by atoms with Crippen molar-refractivity contribution in [3.63, 3.8) is 0 Å². The highest BCUT2D eigenvalue weighted by Crippen LogP contribution is 2.31. The minimum absolute atomic E-state index is 0.0440. The minimum atomic E-state index is -0.642. The van der Waals surface area contributed by atoms with Gasteiger partial charge in [0.05, 0.1) is 5.56 Å². The van der Waals surface area contributed by atoms with E-state index in [1.54, 1.807) is 0 Å². The highest BCUT2D eigenvalue weighted by Gasteiger charge is 2.30. The molecule has 0 amide bonds. The molecular weight excluding hydrogens is 188 g/mol. The first-order valence-electron chi connectivity index (χ1n) is 4.51. The van der Waals surface area contributed by atoms with E-state index < -0.39 is 17.7 Å². The molecule has 1 aromatic rings. The standard InChI is InChI=1S/C10H11F2NO/c11-6-2-1-3-7(12)9(6)10-8(13)4-5-14-10/h1-3,8,10H,4-5,13H2. The zero-order valence-electron chi connectivity index (χ0n) is 7.54. The molecule has 0 saturated carbocycles. The minimum Gasteiger partial charge on any atom is -0.372 e. The van der Waals surface area contributed by atoms with Crippen LogP contribution in [0.3, 0.4) is 0 Å². The summed E-state index contributed by atoms with van der Waals surface area (Å²) >= 11 is 0. The van der Waals surface area contributed by atoms with Crippen LogP contribution in [-0.2, 0) is 4.74 Å². The predicted octanol–water partition coefficient (Wildman–Crippen LogP) is 1.75. The molecule has 1 aromatic carbocycles. The van der Waals surface area contributed by atoms with Crippen molar-refractivity contribution in [3.05, 3.63) is 35.4 Å². The van der Waals surface area contributed by atoms with Crippen LogP contribution in [0.25, 0.3) is 0 Å². The van der Waals surface area contributed by atoms with Crippen molar-refractivity contribution in [3.8, 4) is 0 Å². The van der Waals surface area contributed by atoms with Crippen molar-refractivity contribution >= 4 is 0 Å². The van der Waals surface area contributed by atoms with E-state index in [2.05, 4.69) is 0 Å². The number of rotatable bonds is 1. The smallest absolute Gasteiger partial charge is 0.132 e. The second kappa shape index (κ2) is 3.63. The Kier molecular flexibility index (Phi) is 2.48. The lowest BCUT2D eigenvalue weighted by atomic mass is 10.0. The van der Waals surface area contributed by atoms with Crippen molar-refractivity contribution in [1.82, 2.24) is 0 Å². The third-order valence-corrected chi connectivity index (χ3v) is 2.42. The molecule has 1 heterocycles. The zero-order valence-corrected chi connectivity index (χ0v) is 7.54. The van der Waals surface area contributed by atoms with Crippen LogP contribution in [0.2, 0.25) is 0 Å². The van der Waals surface area contributed by atoms with Gasteiger partial charge in [0.2, 0.25) is 0 Å². The second-order valence-electron chi connectivity index (χ2n) is 3.38. The molecule has 1 aliphatic heterocycles. The Morgan fingerprint density at radius 1 is 1.29 bits per heavy atom. The highest BCUT2D eigenvalue weighted by molar-refractivity contribution is 5.24. The van der Waals surface area contributed by atoms with Gasteiger partial charge in [-0.3, -0.25) is 0 Å². The van der Waals surface area contributed by atoms with Gasteiger partial charge >= 0.3 is 0 Å². The molecule has 1 aliphatic rings. The molecule has 76 valence electrons. The van der Waals surface area contributed by atoms with E-state index in [0.717, 1.165) is 0 Å². The molecule has 0 spiro atoms. The summed E-state index contributed by atoms with van der Waals surface area (Å²) in [5.74, 6) is -1.18. The number of hydrogen-bond donors (Lipinski definition) is 1. The average Bonchev–Trinajstić information content (AvgIpc) is 2.52. The summed E-state index contributed by atoms with van der Waals surface area (Å²) in [6, 6.07) is 3.44. The van der Waals surface area contributed by atoms with Gasteiger partial charge in [0, 0.05) is 12.6 Å². The maximum absolute atomic E-state index is 13.3. The van der Waals surface area contributed by atoms with Crippen molar-refractivity contribution in [1.29, 1.82) is 0 Å². The Morgan fingerprint density at radius 2 is 1.93 bits per heavy atom. The predicted molar refractivity (Wildman–Crippen MR) is 47.6 cm³/mol. The summed E-state index contributed by atoms with van der Waals surface area (Å²) < 4.78 is 31.8. The Hall–Kier alpha value is -1.00. The van der Waals surface area contributed by atoms with E-state index in [4.69, 9.17) is 10.5 Å². The van der Waals surface area contributed by atoms with Gasteiger partial charge in [-0.15, -0.1) is 0 Å². The van der Waals surface area contributed by atoms with Gasteiger partial charge in [-0.2, -0.15) is 0 Å². The van der Waals surface area contributed by atoms with E-state index >= 15 is 0 Å². The lowest BCUT2D eigenvalue weighted by Gasteiger charge is -2.16. The van der Waals surface area contributed by atoms with Crippen molar-refractivity contribution in [2.45, 2.75) is 18.6 Å². The first-order chi connectivity index (χ1) is 6.70. The quantitative estimate of drug-likeness (QED) is 0.747. The fraction of sp³-hybridized carbons (Fsp3) is 0.400. The molecule has 2 nitrogen and oxygen atoms in total. The number of benzene rings is 1. The monoisotopic (exact) mass is 199 g/mol. The van der Waals surface area contributed by atoms with Crippen molar-refractivity contribution in [2.24, 2.45) is 5.73 Å². The lowest BCUT2D eigenvalue weighted by Crippen LogP contribution is -2.25. The number of ether oxygens (including phenoxy) is 1. The number of hydrogen-bond acceptors (Lipinski definition) is 2. The fourth-order valence-electron chi connectivity index (χ4n) is 1.69. The summed E-state index contributed by atoms with van der Waals surface area (Å²) in [7, 11) is 0. The van der Waals surface area contributed by atoms with Crippen molar-refractivity contribution in [2.75, 3.05) is 6.61 Å². The van der Waals surface area contributed by atoms with Gasteiger partial charge in [-0.1, -0.05) is 6.07 Å². The van der Waals surface area contributed by atoms with Gasteiger partial charge < -0.3 is 10.5 Å². The van der Waals surface area contributed by atoms with Gasteiger partial charge in [0.1, 0.15) is 17.7 Å². The summed E-state index contributed by atoms with van der Waals surface area (Å²) in [6.07, 6.45) is -0.00507. The fourth-order valence-corrected chi connectivity index (χ4v) is 1.69. The Balaban J connectivity index is 2.39. The molecule has 2 rings (SSSR count). The van der Waals surface area contributed by atoms with Crippen LogP contribution in [0.1, 0.15) is 18.1 Å². The molecular formula is C10H11F2NO. The molecule has 0 bridgehead atoms. The average molecular weight is 199 g/mol. The largest absolute Gasteiger partial charge is 0.372 e. The first-order valence-corrected chi connectivity index (χ1v) is 4.51. The third kappa shape index (κ3) is 1.51. The molecule has 14 heavy (non-hydrogen) atoms. The van der Waals surface area contributed by atoms with Crippen LogP contribution < -0.4 is 5.73 Å². The molecule has 0 aromatic heterocycles. The Morgan fingerprint density at radius 3 is 2.43 bits per heavy atom. The van der Waals surface area contributed by atoms with Crippen LogP contribution in [0, 0.1) is 11.6 Å². The first kappa shape index (κ1) is 9.55. The van der Waals surface area contributed by atoms with E-state index in [-0.39, 0.29) is 11.6 Å². The second-order valence-corrected chi connectivity index (χ2v) is 3.38. The van der Waals surface area contributed by atoms with Gasteiger partial charge in [-0.05, 0) is 18.6 Å². The maximum Gasteiger partial charge on any atom is 0.132 e. The van der Waals surface area contributed by atoms with Crippen LogP contribution in [-0.4, -0.2) is 12.6 Å². The molecule has 1 fully saturated rings. The van der Waals surface area contributed by atoms with E-state index in [1.165, 1.54) is 18.2 Å². The summed E-state index contributed by atoms with van der Waals surface area (Å²) in [6.45, 7) is 0.458. The van der Waals surface area contributed by atoms with E-state index in [9.17, 15) is 8.78 Å². The van der Waals surface area contributed by atoms with E-state index in [0.29, 0.717) is 13.0 Å². The van der Waals surface area contributed by atoms with Crippen LogP contribution in [0.5, 0.6) is 0 Å². The highest BCUT2D eigenvalue weighted by atomic mass is 19.1. The Labute approximate surface area is 80.7 Å². The molecule has 2 N–H and O–H groups in total. The molecule has 2 unspecified atom stereocenters. The topological polar surface area (TPSA) is 35.2 Å². The summed E-state index contributed by atoms with van der Waals surface area (Å²) in [5.41, 5.74) is 5.65. The molecule has 1 saturated heterocycles. The molecule has 4 heteroatoms. The number of nitrogens with two attached hydrogens (primary N) is 1. The van der Waals surface area contributed by atoms with Crippen LogP contribution >= 0.6 is 0 Å². The normalized spacial score (nSPS) is 26.8.